The van der Waals surface area contributed by atoms with Gasteiger partial charge in [0.15, 0.2) is 0 Å². The number of aliphatic imine (C=N–C) groups is 4. The lowest BCUT2D eigenvalue weighted by molar-refractivity contribution is -0.150. The highest BCUT2D eigenvalue weighted by Gasteiger charge is 2.33. The predicted octanol–water partition coefficient (Wildman–Crippen LogP) is 1.17. The summed E-state index contributed by atoms with van der Waals surface area (Å²) in [7, 11) is 0. The Labute approximate surface area is 308 Å². The minimum Gasteiger partial charge on any atom is -0.465 e. The van der Waals surface area contributed by atoms with Crippen molar-refractivity contribution in [2.75, 3.05) is 105 Å². The molecule has 0 heterocycles. The number of carbonyl (C=O) groups is 4. The van der Waals surface area contributed by atoms with E-state index in [1.54, 1.807) is 6.92 Å². The monoisotopic (exact) mass is 760 g/mol. The first-order valence-corrected chi connectivity index (χ1v) is 16.7. The molecule has 20 heteroatoms. The summed E-state index contributed by atoms with van der Waals surface area (Å²) in [5.74, 6) is -1.38. The number of nitrogens with zero attached hydrogens (tertiary/aromatic N) is 4. The van der Waals surface area contributed by atoms with Gasteiger partial charge in [0.2, 0.25) is 24.3 Å². The third-order valence-corrected chi connectivity index (χ3v) is 5.61. The highest BCUT2D eigenvalue weighted by Crippen LogP contribution is 2.21. The van der Waals surface area contributed by atoms with Crippen LogP contribution < -0.4 is 0 Å². The fourth-order valence-electron chi connectivity index (χ4n) is 3.30. The third-order valence-electron chi connectivity index (χ3n) is 5.61. The molecule has 0 radical (unpaired) electrons. The smallest absolute Gasteiger partial charge is 0.305 e. The number of esters is 3. The zero-order valence-corrected chi connectivity index (χ0v) is 30.7. The zero-order chi connectivity index (χ0) is 40.1. The molecule has 0 amide bonds. The summed E-state index contributed by atoms with van der Waals surface area (Å²) in [6.07, 6.45) is 7.45. The molecule has 0 aliphatic rings. The minimum atomic E-state index is -0.898. The Morgan fingerprint density at radius 1 is 0.566 bits per heavy atom. The van der Waals surface area contributed by atoms with Crippen LogP contribution in [-0.4, -0.2) is 154 Å². The van der Waals surface area contributed by atoms with Crippen LogP contribution in [-0.2, 0) is 76.3 Å². The standard InChI is InChI=1S/C26H40N2O14.C4H7NO.C3H5NO/c1-23(32)40-13-10-36-17-26(16-35-8-9-39-22-31,18-37-11-14-41-24(33)4-2-6-27-20-29)19-38-12-15-42-25(34)5-3-7-28-21-30;1-2-3-5-4-6;1-2-4-3-5/h22H,2-19H2,1H3;2-3H2,1H3;2H2,1H3. The molecule has 0 aromatic heterocycles. The number of hydrogen-bond acceptors (Lipinski definition) is 20. The Bertz CT molecular complexity index is 1100. The van der Waals surface area contributed by atoms with Crippen LogP contribution in [0, 0.1) is 5.41 Å². The number of rotatable bonds is 32. The second-order valence-corrected chi connectivity index (χ2v) is 10.2. The topological polar surface area (TPSA) is 260 Å². The van der Waals surface area contributed by atoms with E-state index in [1.165, 1.54) is 31.2 Å². The molecular formula is C33H52N4O16. The van der Waals surface area contributed by atoms with E-state index in [1.807, 2.05) is 6.92 Å². The van der Waals surface area contributed by atoms with E-state index in [0.29, 0.717) is 32.4 Å². The summed E-state index contributed by atoms with van der Waals surface area (Å²) >= 11 is 0. The second-order valence-electron chi connectivity index (χ2n) is 10.2. The fourth-order valence-corrected chi connectivity index (χ4v) is 3.30. The molecule has 0 rings (SSSR count). The van der Waals surface area contributed by atoms with Crippen LogP contribution in [0.2, 0.25) is 0 Å². The maximum Gasteiger partial charge on any atom is 0.305 e. The molecule has 53 heavy (non-hydrogen) atoms. The van der Waals surface area contributed by atoms with Crippen molar-refractivity contribution in [3.05, 3.63) is 0 Å². The average Bonchev–Trinajstić information content (AvgIpc) is 3.14. The van der Waals surface area contributed by atoms with E-state index >= 15 is 0 Å². The molecule has 0 saturated carbocycles. The summed E-state index contributed by atoms with van der Waals surface area (Å²) in [4.78, 5) is 96.7. The molecular weight excluding hydrogens is 708 g/mol. The van der Waals surface area contributed by atoms with Crippen molar-refractivity contribution in [1.29, 1.82) is 0 Å². The Balaban J connectivity index is -0.00000196. The van der Waals surface area contributed by atoms with Gasteiger partial charge < -0.3 is 37.9 Å². The van der Waals surface area contributed by atoms with Crippen LogP contribution in [0.3, 0.4) is 0 Å². The van der Waals surface area contributed by atoms with Crippen LogP contribution in [0.4, 0.5) is 0 Å². The average molecular weight is 761 g/mol. The Morgan fingerprint density at radius 2 is 0.962 bits per heavy atom. The van der Waals surface area contributed by atoms with Gasteiger partial charge in [-0.3, -0.25) is 19.2 Å². The lowest BCUT2D eigenvalue weighted by Gasteiger charge is -2.33. The van der Waals surface area contributed by atoms with Gasteiger partial charge in [0.1, 0.15) is 26.4 Å². The largest absolute Gasteiger partial charge is 0.465 e. The minimum absolute atomic E-state index is 0.0246. The number of isocyanates is 4. The van der Waals surface area contributed by atoms with Gasteiger partial charge in [0.05, 0.1) is 77.9 Å². The van der Waals surface area contributed by atoms with Crippen molar-refractivity contribution in [1.82, 2.24) is 0 Å². The highest BCUT2D eigenvalue weighted by atomic mass is 16.6. The summed E-state index contributed by atoms with van der Waals surface area (Å²) < 4.78 is 42.6. The molecule has 0 atom stereocenters. The number of carbonyl (C=O) groups excluding carboxylic acids is 8. The van der Waals surface area contributed by atoms with Gasteiger partial charge in [-0.25, -0.2) is 39.1 Å². The molecule has 0 aliphatic heterocycles. The molecule has 0 unspecified atom stereocenters. The van der Waals surface area contributed by atoms with Crippen molar-refractivity contribution in [2.24, 2.45) is 25.4 Å². The first-order chi connectivity index (χ1) is 25.7. The van der Waals surface area contributed by atoms with Crippen molar-refractivity contribution < 1.29 is 76.3 Å². The Hall–Kier alpha value is -4.76. The Kier molecular flexibility index (Phi) is 43.1. The Morgan fingerprint density at radius 3 is 1.28 bits per heavy atom. The first kappa shape index (κ1) is 52.6. The van der Waals surface area contributed by atoms with E-state index in [-0.39, 0.29) is 105 Å². The molecule has 0 saturated heterocycles. The van der Waals surface area contributed by atoms with Gasteiger partial charge in [-0.15, -0.1) is 0 Å². The van der Waals surface area contributed by atoms with E-state index in [2.05, 4.69) is 24.7 Å². The van der Waals surface area contributed by atoms with Crippen molar-refractivity contribution in [3.8, 4) is 0 Å². The van der Waals surface area contributed by atoms with Crippen molar-refractivity contribution in [3.63, 3.8) is 0 Å². The number of ether oxygens (including phenoxy) is 8. The lowest BCUT2D eigenvalue weighted by atomic mass is 9.92. The van der Waals surface area contributed by atoms with Gasteiger partial charge in [-0.1, -0.05) is 6.92 Å². The molecule has 0 bridgehead atoms. The zero-order valence-electron chi connectivity index (χ0n) is 30.7. The van der Waals surface area contributed by atoms with E-state index in [9.17, 15) is 33.6 Å². The highest BCUT2D eigenvalue weighted by molar-refractivity contribution is 5.69. The number of hydrogen-bond donors (Lipinski definition) is 0. The van der Waals surface area contributed by atoms with Gasteiger partial charge in [-0.05, 0) is 26.2 Å². The molecule has 20 nitrogen and oxygen atoms in total. The molecule has 300 valence electrons. The predicted molar refractivity (Wildman–Crippen MR) is 183 cm³/mol. The molecule has 0 aromatic rings. The SMILES string of the molecule is CC(=O)OCCOCC(COCCOC=O)(COCCOC(=O)CCCN=C=O)COCCOC(=O)CCCN=C=O.CCCN=C=O.CCN=C=O. The van der Waals surface area contributed by atoms with Gasteiger partial charge in [-0.2, -0.15) is 0 Å². The molecule has 0 fully saturated rings. The fraction of sp³-hybridized carbons (Fsp3) is 0.758. The lowest BCUT2D eigenvalue weighted by Crippen LogP contribution is -2.43. The molecule has 0 spiro atoms. The van der Waals surface area contributed by atoms with Crippen molar-refractivity contribution >= 4 is 48.7 Å². The van der Waals surface area contributed by atoms with Crippen molar-refractivity contribution in [2.45, 2.75) is 52.9 Å². The summed E-state index contributed by atoms with van der Waals surface area (Å²) in [5.41, 5.74) is -0.898. The van der Waals surface area contributed by atoms with E-state index < -0.39 is 23.3 Å². The van der Waals surface area contributed by atoms with Crippen LogP contribution in [0.15, 0.2) is 20.0 Å². The van der Waals surface area contributed by atoms with Gasteiger partial charge in [0, 0.05) is 26.3 Å². The molecule has 0 N–H and O–H groups in total. The quantitative estimate of drug-likeness (QED) is 0.0233. The third kappa shape index (κ3) is 43.3. The van der Waals surface area contributed by atoms with E-state index in [4.69, 9.17) is 38.0 Å². The van der Waals surface area contributed by atoms with Crippen LogP contribution in [0.25, 0.3) is 0 Å². The van der Waals surface area contributed by atoms with Crippen LogP contribution in [0.5, 0.6) is 0 Å². The molecule has 0 aliphatic carbocycles. The van der Waals surface area contributed by atoms with Gasteiger partial charge in [0.25, 0.3) is 6.47 Å². The normalized spacial score (nSPS) is 10.6. The maximum atomic E-state index is 11.8. The first-order valence-electron chi connectivity index (χ1n) is 16.7. The maximum absolute atomic E-state index is 11.8. The van der Waals surface area contributed by atoms with Crippen LogP contribution >= 0.6 is 0 Å². The van der Waals surface area contributed by atoms with Gasteiger partial charge >= 0.3 is 17.9 Å². The summed E-state index contributed by atoms with van der Waals surface area (Å²) in [6, 6.07) is 0. The summed E-state index contributed by atoms with van der Waals surface area (Å²) in [5, 5.41) is 0. The summed E-state index contributed by atoms with van der Waals surface area (Å²) in [6.45, 7) is 7.31. The van der Waals surface area contributed by atoms with E-state index in [0.717, 1.165) is 6.42 Å². The second kappa shape index (κ2) is 43.4. The molecule has 0 aromatic carbocycles. The van der Waals surface area contributed by atoms with Crippen LogP contribution in [0.1, 0.15) is 52.9 Å².